The van der Waals surface area contributed by atoms with Crippen LogP contribution in [0.5, 0.6) is 0 Å². The molecule has 1 nitrogen and oxygen atoms in total. The minimum Gasteiger partial charge on any atom is -0.378 e. The van der Waals surface area contributed by atoms with Gasteiger partial charge in [0.2, 0.25) is 0 Å². The molecule has 0 radical (unpaired) electrons. The van der Waals surface area contributed by atoms with Crippen LogP contribution in [0.25, 0.3) is 0 Å². The molecule has 0 aliphatic heterocycles. The summed E-state index contributed by atoms with van der Waals surface area (Å²) >= 11 is 0. The molecule has 0 aliphatic carbocycles. The SMILES string of the molecule is Cc1cccc(NC(C)c2ccccc2)c1C. The Morgan fingerprint density at radius 1 is 0.882 bits per heavy atom. The van der Waals surface area contributed by atoms with Crippen LogP contribution in [-0.4, -0.2) is 0 Å². The number of rotatable bonds is 3. The maximum Gasteiger partial charge on any atom is 0.0485 e. The predicted molar refractivity (Wildman–Crippen MR) is 74.4 cm³/mol. The van der Waals surface area contributed by atoms with Crippen LogP contribution in [0.3, 0.4) is 0 Å². The van der Waals surface area contributed by atoms with Gasteiger partial charge >= 0.3 is 0 Å². The molecule has 0 spiro atoms. The van der Waals surface area contributed by atoms with E-state index in [1.54, 1.807) is 0 Å². The van der Waals surface area contributed by atoms with Gasteiger partial charge in [0.05, 0.1) is 0 Å². The van der Waals surface area contributed by atoms with Crippen molar-refractivity contribution in [1.29, 1.82) is 0 Å². The second kappa shape index (κ2) is 5.05. The van der Waals surface area contributed by atoms with Gasteiger partial charge in [-0.05, 0) is 43.5 Å². The number of hydrogen-bond acceptors (Lipinski definition) is 1. The van der Waals surface area contributed by atoms with E-state index in [1.807, 2.05) is 6.07 Å². The maximum absolute atomic E-state index is 3.57. The average Bonchev–Trinajstić information content (AvgIpc) is 2.36. The Morgan fingerprint density at radius 3 is 2.29 bits per heavy atom. The van der Waals surface area contributed by atoms with Gasteiger partial charge in [0.25, 0.3) is 0 Å². The summed E-state index contributed by atoms with van der Waals surface area (Å²) in [5.41, 5.74) is 5.19. The molecular formula is C16H19N. The van der Waals surface area contributed by atoms with E-state index in [1.165, 1.54) is 22.4 Å². The van der Waals surface area contributed by atoms with Gasteiger partial charge < -0.3 is 5.32 Å². The minimum absolute atomic E-state index is 0.330. The van der Waals surface area contributed by atoms with Gasteiger partial charge in [-0.1, -0.05) is 42.5 Å². The molecule has 88 valence electrons. The van der Waals surface area contributed by atoms with Crippen molar-refractivity contribution < 1.29 is 0 Å². The number of nitrogens with one attached hydrogen (secondary N) is 1. The fourth-order valence-electron chi connectivity index (χ4n) is 1.97. The van der Waals surface area contributed by atoms with E-state index in [2.05, 4.69) is 68.6 Å². The van der Waals surface area contributed by atoms with Crippen molar-refractivity contribution in [3.05, 3.63) is 65.2 Å². The van der Waals surface area contributed by atoms with E-state index in [0.717, 1.165) is 0 Å². The van der Waals surface area contributed by atoms with Gasteiger partial charge in [-0.2, -0.15) is 0 Å². The molecule has 2 rings (SSSR count). The predicted octanol–water partition coefficient (Wildman–Crippen LogP) is 4.48. The third kappa shape index (κ3) is 2.68. The Morgan fingerprint density at radius 2 is 1.59 bits per heavy atom. The molecule has 0 saturated heterocycles. The Kier molecular flexibility index (Phi) is 3.48. The topological polar surface area (TPSA) is 12.0 Å². The van der Waals surface area contributed by atoms with Crippen LogP contribution in [-0.2, 0) is 0 Å². The molecule has 0 fully saturated rings. The van der Waals surface area contributed by atoms with Crippen LogP contribution < -0.4 is 5.32 Å². The first-order chi connectivity index (χ1) is 8.18. The van der Waals surface area contributed by atoms with Crippen molar-refractivity contribution in [3.63, 3.8) is 0 Å². The molecular weight excluding hydrogens is 206 g/mol. The van der Waals surface area contributed by atoms with E-state index in [0.29, 0.717) is 6.04 Å². The molecule has 0 heterocycles. The Hall–Kier alpha value is -1.76. The van der Waals surface area contributed by atoms with Crippen molar-refractivity contribution in [2.45, 2.75) is 26.8 Å². The lowest BCUT2D eigenvalue weighted by atomic mass is 10.1. The summed E-state index contributed by atoms with van der Waals surface area (Å²) in [6.07, 6.45) is 0. The zero-order valence-corrected chi connectivity index (χ0v) is 10.7. The molecule has 0 aliphatic rings. The lowest BCUT2D eigenvalue weighted by Crippen LogP contribution is -2.07. The minimum atomic E-state index is 0.330. The van der Waals surface area contributed by atoms with Crippen LogP contribution >= 0.6 is 0 Å². The summed E-state index contributed by atoms with van der Waals surface area (Å²) in [6, 6.07) is 17.2. The quantitative estimate of drug-likeness (QED) is 0.812. The largest absolute Gasteiger partial charge is 0.378 e. The Bertz CT molecular complexity index is 488. The van der Waals surface area contributed by atoms with E-state index in [9.17, 15) is 0 Å². The van der Waals surface area contributed by atoms with Crippen LogP contribution in [0.2, 0.25) is 0 Å². The zero-order valence-electron chi connectivity index (χ0n) is 10.7. The third-order valence-corrected chi connectivity index (χ3v) is 3.28. The smallest absolute Gasteiger partial charge is 0.0485 e. The van der Waals surface area contributed by atoms with Gasteiger partial charge in [0.1, 0.15) is 0 Å². The second-order valence-corrected chi connectivity index (χ2v) is 4.52. The number of anilines is 1. The maximum atomic E-state index is 3.57. The van der Waals surface area contributed by atoms with E-state index in [4.69, 9.17) is 0 Å². The summed E-state index contributed by atoms with van der Waals surface area (Å²) in [7, 11) is 0. The number of hydrogen-bond donors (Lipinski definition) is 1. The van der Waals surface area contributed by atoms with Gasteiger partial charge in [-0.15, -0.1) is 0 Å². The molecule has 0 bridgehead atoms. The molecule has 0 aromatic heterocycles. The molecule has 1 unspecified atom stereocenters. The highest BCUT2D eigenvalue weighted by Gasteiger charge is 2.06. The highest BCUT2D eigenvalue weighted by molar-refractivity contribution is 5.54. The Balaban J connectivity index is 2.19. The van der Waals surface area contributed by atoms with E-state index < -0.39 is 0 Å². The normalized spacial score (nSPS) is 12.2. The van der Waals surface area contributed by atoms with Gasteiger partial charge in [-0.3, -0.25) is 0 Å². The number of benzene rings is 2. The first-order valence-corrected chi connectivity index (χ1v) is 6.06. The zero-order chi connectivity index (χ0) is 12.3. The van der Waals surface area contributed by atoms with Crippen molar-refractivity contribution in [2.75, 3.05) is 5.32 Å². The highest BCUT2D eigenvalue weighted by atomic mass is 14.9. The molecule has 1 N–H and O–H groups in total. The fourth-order valence-corrected chi connectivity index (χ4v) is 1.97. The van der Waals surface area contributed by atoms with Gasteiger partial charge in [-0.25, -0.2) is 0 Å². The molecule has 17 heavy (non-hydrogen) atoms. The average molecular weight is 225 g/mol. The lowest BCUT2D eigenvalue weighted by molar-refractivity contribution is 0.882. The molecule has 1 atom stereocenters. The van der Waals surface area contributed by atoms with Gasteiger partial charge in [0.15, 0.2) is 0 Å². The highest BCUT2D eigenvalue weighted by Crippen LogP contribution is 2.23. The number of aryl methyl sites for hydroxylation is 1. The summed E-state index contributed by atoms with van der Waals surface area (Å²) in [6.45, 7) is 6.50. The summed E-state index contributed by atoms with van der Waals surface area (Å²) in [5.74, 6) is 0. The summed E-state index contributed by atoms with van der Waals surface area (Å²) in [5, 5.41) is 3.57. The lowest BCUT2D eigenvalue weighted by Gasteiger charge is -2.18. The van der Waals surface area contributed by atoms with E-state index in [-0.39, 0.29) is 0 Å². The Labute approximate surface area is 103 Å². The molecule has 0 amide bonds. The third-order valence-electron chi connectivity index (χ3n) is 3.28. The van der Waals surface area contributed by atoms with Gasteiger partial charge in [0, 0.05) is 11.7 Å². The van der Waals surface area contributed by atoms with Crippen LogP contribution in [0, 0.1) is 13.8 Å². The molecule has 2 aromatic carbocycles. The monoisotopic (exact) mass is 225 g/mol. The fraction of sp³-hybridized carbons (Fsp3) is 0.250. The summed E-state index contributed by atoms with van der Waals surface area (Å²) < 4.78 is 0. The summed E-state index contributed by atoms with van der Waals surface area (Å²) in [4.78, 5) is 0. The van der Waals surface area contributed by atoms with Crippen molar-refractivity contribution >= 4 is 5.69 Å². The van der Waals surface area contributed by atoms with Crippen LogP contribution in [0.15, 0.2) is 48.5 Å². The second-order valence-electron chi connectivity index (χ2n) is 4.52. The van der Waals surface area contributed by atoms with E-state index >= 15 is 0 Å². The first kappa shape index (κ1) is 11.7. The van der Waals surface area contributed by atoms with Crippen LogP contribution in [0.1, 0.15) is 29.7 Å². The van der Waals surface area contributed by atoms with Crippen LogP contribution in [0.4, 0.5) is 5.69 Å². The van der Waals surface area contributed by atoms with Crippen molar-refractivity contribution in [3.8, 4) is 0 Å². The van der Waals surface area contributed by atoms with Crippen molar-refractivity contribution in [1.82, 2.24) is 0 Å². The molecule has 0 saturated carbocycles. The first-order valence-electron chi connectivity index (χ1n) is 6.06. The standard InChI is InChI=1S/C16H19N/c1-12-8-7-11-16(13(12)2)17-14(3)15-9-5-4-6-10-15/h4-11,14,17H,1-3H3. The molecule has 2 aromatic rings. The van der Waals surface area contributed by atoms with Crippen molar-refractivity contribution in [2.24, 2.45) is 0 Å². The molecule has 1 heteroatoms.